The Kier molecular flexibility index (Phi) is 3.52. The van der Waals surface area contributed by atoms with Crippen LogP contribution in [0.4, 0.5) is 0 Å². The minimum atomic E-state index is 0.630. The van der Waals surface area contributed by atoms with E-state index in [1.165, 1.54) is 24.8 Å². The van der Waals surface area contributed by atoms with Gasteiger partial charge in [0.2, 0.25) is 0 Å². The molecule has 1 heterocycles. The molecule has 86 valence electrons. The number of hydrogen-bond acceptors (Lipinski definition) is 2. The summed E-state index contributed by atoms with van der Waals surface area (Å²) in [6.07, 6.45) is 3.92. The van der Waals surface area contributed by atoms with E-state index in [0.717, 1.165) is 17.3 Å². The molecule has 1 fully saturated rings. The van der Waals surface area contributed by atoms with Crippen LogP contribution in [0, 0.1) is 5.92 Å². The van der Waals surface area contributed by atoms with Crippen molar-refractivity contribution >= 4 is 6.91 Å². The zero-order chi connectivity index (χ0) is 11.5. The third-order valence-corrected chi connectivity index (χ3v) is 3.69. The Labute approximate surface area is 98.2 Å². The Hall–Kier alpha value is -0.985. The van der Waals surface area contributed by atoms with Gasteiger partial charge in [-0.15, -0.1) is 0 Å². The molecule has 3 heteroatoms. The second kappa shape index (κ2) is 4.90. The van der Waals surface area contributed by atoms with Crippen molar-refractivity contribution in [3.63, 3.8) is 0 Å². The van der Waals surface area contributed by atoms with Crippen molar-refractivity contribution in [3.05, 3.63) is 17.6 Å². The van der Waals surface area contributed by atoms with Crippen LogP contribution in [0.5, 0.6) is 11.4 Å². The summed E-state index contributed by atoms with van der Waals surface area (Å²) < 4.78 is 10.8. The SMILES string of the molecule is COc1bccc(C2CCCC2C)c1OC. The number of methoxy groups -OCH3 is 2. The molecular formula is C13H19BO2. The average molecular weight is 218 g/mol. The molecule has 2 atom stereocenters. The van der Waals surface area contributed by atoms with Gasteiger partial charge in [-0.05, 0) is 0 Å². The van der Waals surface area contributed by atoms with Crippen LogP contribution in [0.15, 0.2) is 12.0 Å². The van der Waals surface area contributed by atoms with Crippen molar-refractivity contribution in [2.24, 2.45) is 5.92 Å². The van der Waals surface area contributed by atoms with Gasteiger partial charge in [0, 0.05) is 0 Å². The molecule has 2 rings (SSSR count). The maximum absolute atomic E-state index is 5.50. The molecule has 2 unspecified atom stereocenters. The summed E-state index contributed by atoms with van der Waals surface area (Å²) in [6.45, 7) is 4.29. The van der Waals surface area contributed by atoms with Gasteiger partial charge < -0.3 is 0 Å². The molecule has 0 aliphatic heterocycles. The van der Waals surface area contributed by atoms with Gasteiger partial charge >= 0.3 is 97.6 Å². The van der Waals surface area contributed by atoms with Crippen molar-refractivity contribution in [2.75, 3.05) is 14.2 Å². The summed E-state index contributed by atoms with van der Waals surface area (Å²) in [7, 11) is 3.42. The van der Waals surface area contributed by atoms with Crippen molar-refractivity contribution in [1.29, 1.82) is 0 Å². The second-order valence-electron chi connectivity index (χ2n) is 4.60. The Morgan fingerprint density at radius 1 is 1.25 bits per heavy atom. The van der Waals surface area contributed by atoms with E-state index in [4.69, 9.17) is 9.47 Å². The second-order valence-corrected chi connectivity index (χ2v) is 4.60. The first-order valence-electron chi connectivity index (χ1n) is 5.98. The first-order valence-corrected chi connectivity index (χ1v) is 5.98. The van der Waals surface area contributed by atoms with Gasteiger partial charge in [-0.2, -0.15) is 0 Å². The van der Waals surface area contributed by atoms with E-state index >= 15 is 0 Å². The monoisotopic (exact) mass is 218 g/mol. The fraction of sp³-hybridized carbons (Fsp3) is 0.615. The van der Waals surface area contributed by atoms with Crippen LogP contribution in [0.25, 0.3) is 0 Å². The van der Waals surface area contributed by atoms with E-state index in [-0.39, 0.29) is 0 Å². The molecule has 0 saturated heterocycles. The standard InChI is InChI=1S/C13H19BO2/c1-9-5-4-6-10(9)11-7-8-14-13(16-3)12(11)15-2/h7-10H,4-6H2,1-3H3. The van der Waals surface area contributed by atoms with E-state index in [1.54, 1.807) is 14.2 Å². The molecule has 0 radical (unpaired) electrons. The Morgan fingerprint density at radius 2 is 2.06 bits per heavy atom. The van der Waals surface area contributed by atoms with E-state index in [0.29, 0.717) is 5.92 Å². The van der Waals surface area contributed by atoms with E-state index < -0.39 is 0 Å². The van der Waals surface area contributed by atoms with Gasteiger partial charge in [0.25, 0.3) is 0 Å². The van der Waals surface area contributed by atoms with Gasteiger partial charge in [-0.3, -0.25) is 0 Å². The molecule has 2 nitrogen and oxygen atoms in total. The molecule has 0 aromatic carbocycles. The van der Waals surface area contributed by atoms with Crippen LogP contribution in [-0.2, 0) is 0 Å². The molecule has 1 aromatic heterocycles. The topological polar surface area (TPSA) is 18.5 Å². The summed E-state index contributed by atoms with van der Waals surface area (Å²) in [6, 6.07) is 2.17. The molecule has 0 amide bonds. The van der Waals surface area contributed by atoms with Crippen molar-refractivity contribution in [1.82, 2.24) is 0 Å². The molecule has 0 spiro atoms. The fourth-order valence-corrected chi connectivity index (χ4v) is 2.81. The van der Waals surface area contributed by atoms with Gasteiger partial charge in [-0.1, -0.05) is 0 Å². The predicted molar refractivity (Wildman–Crippen MR) is 66.6 cm³/mol. The zero-order valence-electron chi connectivity index (χ0n) is 10.3. The van der Waals surface area contributed by atoms with E-state index in [1.807, 2.05) is 6.91 Å². The molecule has 0 N–H and O–H groups in total. The van der Waals surface area contributed by atoms with Crippen LogP contribution in [0.2, 0.25) is 0 Å². The number of hydrogen-bond donors (Lipinski definition) is 0. The predicted octanol–water partition coefficient (Wildman–Crippen LogP) is 2.95. The van der Waals surface area contributed by atoms with E-state index in [9.17, 15) is 0 Å². The molecule has 1 aliphatic rings. The van der Waals surface area contributed by atoms with Crippen LogP contribution in [0.1, 0.15) is 37.7 Å². The first-order chi connectivity index (χ1) is 7.77. The third-order valence-electron chi connectivity index (χ3n) is 3.69. The van der Waals surface area contributed by atoms with Crippen LogP contribution >= 0.6 is 0 Å². The van der Waals surface area contributed by atoms with Crippen LogP contribution < -0.4 is 9.47 Å². The Bertz CT molecular complexity index is 365. The molecule has 16 heavy (non-hydrogen) atoms. The Morgan fingerprint density at radius 3 is 2.62 bits per heavy atom. The van der Waals surface area contributed by atoms with Crippen LogP contribution in [0.3, 0.4) is 0 Å². The molecular weight excluding hydrogens is 199 g/mol. The van der Waals surface area contributed by atoms with Gasteiger partial charge in [-0.25, -0.2) is 0 Å². The summed E-state index contributed by atoms with van der Waals surface area (Å²) in [5.41, 5.74) is 2.16. The fourth-order valence-electron chi connectivity index (χ4n) is 2.81. The molecule has 0 bridgehead atoms. The van der Waals surface area contributed by atoms with Crippen molar-refractivity contribution in [2.45, 2.75) is 32.1 Å². The summed E-state index contributed by atoms with van der Waals surface area (Å²) in [5.74, 6) is 4.36. The number of rotatable bonds is 3. The van der Waals surface area contributed by atoms with Crippen LogP contribution in [-0.4, -0.2) is 21.1 Å². The van der Waals surface area contributed by atoms with Gasteiger partial charge in [0.05, 0.1) is 0 Å². The van der Waals surface area contributed by atoms with E-state index in [2.05, 4.69) is 19.0 Å². The van der Waals surface area contributed by atoms with Gasteiger partial charge in [0.15, 0.2) is 0 Å². The quantitative estimate of drug-likeness (QED) is 0.776. The summed E-state index contributed by atoms with van der Waals surface area (Å²) in [4.78, 5) is 0. The Balaban J connectivity index is 2.39. The van der Waals surface area contributed by atoms with Crippen molar-refractivity contribution < 1.29 is 9.47 Å². The van der Waals surface area contributed by atoms with Crippen molar-refractivity contribution in [3.8, 4) is 11.4 Å². The molecule has 1 aliphatic carbocycles. The maximum atomic E-state index is 5.50. The van der Waals surface area contributed by atoms with Gasteiger partial charge in [0.1, 0.15) is 0 Å². The normalized spacial score (nSPS) is 24.2. The minimum absolute atomic E-state index is 0.630. The third kappa shape index (κ3) is 1.95. The first kappa shape index (κ1) is 11.5. The zero-order valence-corrected chi connectivity index (χ0v) is 10.3. The molecule has 1 saturated carbocycles. The summed E-state index contributed by atoms with van der Waals surface area (Å²) in [5, 5.41) is 0. The summed E-state index contributed by atoms with van der Waals surface area (Å²) >= 11 is 0. The average Bonchev–Trinajstić information content (AvgIpc) is 2.74. The molecule has 1 aromatic rings. The number of ether oxygens (including phenoxy) is 2.